The lowest BCUT2D eigenvalue weighted by Crippen LogP contribution is -2.25. The number of thioether (sulfide) groups is 1. The van der Waals surface area contributed by atoms with Gasteiger partial charge in [0.1, 0.15) is 11.4 Å². The van der Waals surface area contributed by atoms with Crippen molar-refractivity contribution < 1.29 is 19.1 Å². The number of nitrogens with one attached hydrogen (secondary N) is 1. The van der Waals surface area contributed by atoms with Gasteiger partial charge in [-0.15, -0.1) is 0 Å². The number of carbonyl (C=O) groups is 3. The molecule has 1 atom stereocenters. The molecule has 2 aromatic rings. The first-order valence-corrected chi connectivity index (χ1v) is 9.14. The molecule has 3 rings (SSSR count). The first-order chi connectivity index (χ1) is 12.5. The molecule has 1 aromatic carbocycles. The molecular formula is C20H22N2O4S. The number of ether oxygens (including phenoxy) is 1. The van der Waals surface area contributed by atoms with E-state index in [1.165, 1.54) is 0 Å². The highest BCUT2D eigenvalue weighted by molar-refractivity contribution is 8.15. The number of imide groups is 1. The van der Waals surface area contributed by atoms with E-state index in [0.29, 0.717) is 17.9 Å². The van der Waals surface area contributed by atoms with Gasteiger partial charge < -0.3 is 4.74 Å². The Bertz CT molecular complexity index is 819. The molecule has 1 aliphatic rings. The van der Waals surface area contributed by atoms with Crippen LogP contribution in [-0.4, -0.2) is 33.8 Å². The third kappa shape index (κ3) is 5.40. The Morgan fingerprint density at radius 1 is 1.15 bits per heavy atom. The zero-order valence-electron chi connectivity index (χ0n) is 14.2. The summed E-state index contributed by atoms with van der Waals surface area (Å²) in [5.74, 6) is 0.119. The van der Waals surface area contributed by atoms with Crippen LogP contribution in [0.15, 0.2) is 42.6 Å². The minimum atomic E-state index is -0.395. The molecule has 142 valence electrons. The van der Waals surface area contributed by atoms with Crippen molar-refractivity contribution in [2.75, 3.05) is 6.61 Å². The van der Waals surface area contributed by atoms with Crippen LogP contribution in [0.25, 0.3) is 0 Å². The normalized spacial score (nSPS) is 15.8. The molecule has 2 heterocycles. The maximum atomic E-state index is 12.1. The Morgan fingerprint density at radius 2 is 1.85 bits per heavy atom. The summed E-state index contributed by atoms with van der Waals surface area (Å²) in [6.45, 7) is 1.94. The first-order valence-electron chi connectivity index (χ1n) is 8.26. The number of Topliss-reactive ketones (excluding diaryl/α,β-unsaturated/α-hetero) is 1. The van der Waals surface area contributed by atoms with E-state index in [9.17, 15) is 14.4 Å². The summed E-state index contributed by atoms with van der Waals surface area (Å²) >= 11 is 1.00. The Kier molecular flexibility index (Phi) is 7.12. The van der Waals surface area contributed by atoms with Crippen molar-refractivity contribution in [2.24, 2.45) is 0 Å². The molecule has 1 N–H and O–H groups in total. The van der Waals surface area contributed by atoms with Gasteiger partial charge in [0, 0.05) is 6.20 Å². The fourth-order valence-electron chi connectivity index (χ4n) is 2.48. The van der Waals surface area contributed by atoms with Gasteiger partial charge in [0.15, 0.2) is 6.61 Å². The van der Waals surface area contributed by atoms with E-state index >= 15 is 0 Å². The van der Waals surface area contributed by atoms with E-state index in [2.05, 4.69) is 10.3 Å². The number of nitrogens with zero attached hydrogens (tertiary/aromatic N) is 1. The van der Waals surface area contributed by atoms with Gasteiger partial charge in [-0.25, -0.2) is 0 Å². The molecule has 1 aliphatic heterocycles. The van der Waals surface area contributed by atoms with Crippen LogP contribution in [0.4, 0.5) is 4.79 Å². The molecule has 1 fully saturated rings. The third-order valence-corrected chi connectivity index (χ3v) is 4.98. The number of amides is 2. The number of carbonyl (C=O) groups excluding carboxylic acids is 3. The average molecular weight is 386 g/mol. The molecule has 7 heteroatoms. The second-order valence-electron chi connectivity index (χ2n) is 5.85. The van der Waals surface area contributed by atoms with Gasteiger partial charge in [0.05, 0.1) is 5.25 Å². The lowest BCUT2D eigenvalue weighted by molar-refractivity contribution is -0.118. The van der Waals surface area contributed by atoms with Crippen LogP contribution in [0.3, 0.4) is 0 Å². The predicted octanol–water partition coefficient (Wildman–Crippen LogP) is 3.44. The van der Waals surface area contributed by atoms with Gasteiger partial charge in [0.25, 0.3) is 5.24 Å². The summed E-state index contributed by atoms with van der Waals surface area (Å²) in [5.41, 5.74) is 2.38. The minimum Gasteiger partial charge on any atom is -0.485 e. The molecule has 0 spiro atoms. The highest BCUT2D eigenvalue weighted by Crippen LogP contribution is 2.23. The van der Waals surface area contributed by atoms with Crippen LogP contribution >= 0.6 is 11.8 Å². The number of rotatable bonds is 7. The summed E-state index contributed by atoms with van der Waals surface area (Å²) in [4.78, 5) is 39.0. The minimum absolute atomic E-state index is 0. The van der Waals surface area contributed by atoms with Crippen molar-refractivity contribution >= 4 is 28.7 Å². The van der Waals surface area contributed by atoms with Crippen molar-refractivity contribution in [1.82, 2.24) is 10.3 Å². The highest BCUT2D eigenvalue weighted by Gasteiger charge is 2.31. The maximum absolute atomic E-state index is 12.1. The van der Waals surface area contributed by atoms with Crippen LogP contribution in [-0.2, 0) is 17.6 Å². The number of hydrogen-bond donors (Lipinski definition) is 1. The molecule has 1 saturated heterocycles. The smallest absolute Gasteiger partial charge is 0.286 e. The van der Waals surface area contributed by atoms with Gasteiger partial charge >= 0.3 is 0 Å². The fraction of sp³-hybridized carbons (Fsp3) is 0.300. The molecular weight excluding hydrogens is 364 g/mol. The molecule has 27 heavy (non-hydrogen) atoms. The first kappa shape index (κ1) is 20.6. The fourth-order valence-corrected chi connectivity index (χ4v) is 3.34. The summed E-state index contributed by atoms with van der Waals surface area (Å²) in [7, 11) is 0. The Labute approximate surface area is 162 Å². The number of ketones is 1. The van der Waals surface area contributed by atoms with Gasteiger partial charge in [-0.3, -0.25) is 24.7 Å². The number of aromatic nitrogens is 1. The zero-order chi connectivity index (χ0) is 18.5. The van der Waals surface area contributed by atoms with E-state index in [1.54, 1.807) is 24.4 Å². The average Bonchev–Trinajstić information content (AvgIpc) is 2.98. The van der Waals surface area contributed by atoms with Crippen molar-refractivity contribution in [3.05, 3.63) is 59.4 Å². The molecule has 6 nitrogen and oxygen atoms in total. The number of hydrogen-bond acceptors (Lipinski definition) is 6. The molecule has 0 bridgehead atoms. The highest BCUT2D eigenvalue weighted by atomic mass is 32.2. The SMILES string of the molecule is C.CCc1ccc(C(=O)COc2ccc(CC3SC(=O)NC3=O)cc2)nc1. The van der Waals surface area contributed by atoms with E-state index < -0.39 is 5.25 Å². The van der Waals surface area contributed by atoms with Crippen LogP contribution in [0.5, 0.6) is 5.75 Å². The monoisotopic (exact) mass is 386 g/mol. The van der Waals surface area contributed by atoms with Crippen LogP contribution in [0, 0.1) is 0 Å². The maximum Gasteiger partial charge on any atom is 0.286 e. The molecule has 2 amide bonds. The van der Waals surface area contributed by atoms with Crippen molar-refractivity contribution in [2.45, 2.75) is 32.4 Å². The zero-order valence-corrected chi connectivity index (χ0v) is 15.0. The molecule has 0 saturated carbocycles. The summed E-state index contributed by atoms with van der Waals surface area (Å²) in [6, 6.07) is 10.7. The lowest BCUT2D eigenvalue weighted by Gasteiger charge is -2.08. The van der Waals surface area contributed by atoms with Crippen molar-refractivity contribution in [3.8, 4) is 5.75 Å². The van der Waals surface area contributed by atoms with Gasteiger partial charge in [0.2, 0.25) is 11.7 Å². The van der Waals surface area contributed by atoms with E-state index in [1.807, 2.05) is 25.1 Å². The van der Waals surface area contributed by atoms with Crippen LogP contribution < -0.4 is 10.1 Å². The second-order valence-corrected chi connectivity index (χ2v) is 7.02. The molecule has 1 unspecified atom stereocenters. The lowest BCUT2D eigenvalue weighted by atomic mass is 10.1. The molecule has 0 radical (unpaired) electrons. The Balaban J connectivity index is 0.00000261. The van der Waals surface area contributed by atoms with Crippen LogP contribution in [0.1, 0.15) is 36.0 Å². The number of pyridine rings is 1. The molecule has 0 aliphatic carbocycles. The van der Waals surface area contributed by atoms with Gasteiger partial charge in [-0.2, -0.15) is 0 Å². The van der Waals surface area contributed by atoms with Crippen molar-refractivity contribution in [3.63, 3.8) is 0 Å². The quantitative estimate of drug-likeness (QED) is 0.734. The largest absolute Gasteiger partial charge is 0.485 e. The number of benzene rings is 1. The predicted molar refractivity (Wildman–Crippen MR) is 105 cm³/mol. The summed E-state index contributed by atoms with van der Waals surface area (Å²) < 4.78 is 5.51. The standard InChI is InChI=1S/C19H18N2O4S.CH4/c1-2-12-5-8-15(20-10-12)16(22)11-25-14-6-3-13(4-7-14)9-17-18(23)21-19(24)26-17;/h3-8,10,17H,2,9,11H2,1H3,(H,21,23,24);1H4. The van der Waals surface area contributed by atoms with E-state index in [4.69, 9.17) is 4.74 Å². The van der Waals surface area contributed by atoms with Crippen molar-refractivity contribution in [1.29, 1.82) is 0 Å². The third-order valence-electron chi connectivity index (χ3n) is 4.00. The van der Waals surface area contributed by atoms with Crippen LogP contribution in [0.2, 0.25) is 0 Å². The number of aryl methyl sites for hydroxylation is 1. The summed E-state index contributed by atoms with van der Waals surface area (Å²) in [6.07, 6.45) is 3.04. The Hall–Kier alpha value is -2.67. The van der Waals surface area contributed by atoms with E-state index in [-0.39, 0.29) is 31.0 Å². The van der Waals surface area contributed by atoms with Gasteiger partial charge in [-0.05, 0) is 42.2 Å². The topological polar surface area (TPSA) is 85.4 Å². The second kappa shape index (κ2) is 9.32. The van der Waals surface area contributed by atoms with E-state index in [0.717, 1.165) is 29.3 Å². The Morgan fingerprint density at radius 3 is 2.41 bits per heavy atom. The molecule has 1 aromatic heterocycles. The van der Waals surface area contributed by atoms with Gasteiger partial charge in [-0.1, -0.05) is 44.3 Å². The summed E-state index contributed by atoms with van der Waals surface area (Å²) in [5, 5.41) is 1.57.